The van der Waals surface area contributed by atoms with Crippen molar-refractivity contribution in [3.63, 3.8) is 0 Å². The standard InChI is InChI=1S/C14H21NO2S/c1-16-13-4-3-12(11-14(13)17-2)5-6-15-7-9-18-10-8-15/h3-4,11H,5-10H2,1-2H3. The van der Waals surface area contributed by atoms with Crippen LogP contribution in [0.5, 0.6) is 11.5 Å². The lowest BCUT2D eigenvalue weighted by Gasteiger charge is -2.26. The molecule has 3 nitrogen and oxygen atoms in total. The summed E-state index contributed by atoms with van der Waals surface area (Å²) in [6.45, 7) is 3.58. The summed E-state index contributed by atoms with van der Waals surface area (Å²) in [5, 5.41) is 0. The summed E-state index contributed by atoms with van der Waals surface area (Å²) in [6.07, 6.45) is 1.07. The average Bonchev–Trinajstić information content (AvgIpc) is 2.45. The second-order valence-electron chi connectivity index (χ2n) is 4.39. The van der Waals surface area contributed by atoms with Gasteiger partial charge in [-0.2, -0.15) is 11.8 Å². The Bertz CT molecular complexity index is 378. The molecule has 0 atom stereocenters. The van der Waals surface area contributed by atoms with Gasteiger partial charge in [0.05, 0.1) is 14.2 Å². The number of hydrogen-bond acceptors (Lipinski definition) is 4. The van der Waals surface area contributed by atoms with Gasteiger partial charge in [0.1, 0.15) is 0 Å². The van der Waals surface area contributed by atoms with E-state index in [4.69, 9.17) is 9.47 Å². The Morgan fingerprint density at radius 3 is 2.50 bits per heavy atom. The highest BCUT2D eigenvalue weighted by atomic mass is 32.2. The van der Waals surface area contributed by atoms with E-state index in [0.29, 0.717) is 0 Å². The van der Waals surface area contributed by atoms with Crippen molar-refractivity contribution in [2.24, 2.45) is 0 Å². The van der Waals surface area contributed by atoms with Gasteiger partial charge in [-0.15, -0.1) is 0 Å². The van der Waals surface area contributed by atoms with Gasteiger partial charge in [0.25, 0.3) is 0 Å². The molecule has 1 heterocycles. The van der Waals surface area contributed by atoms with E-state index in [-0.39, 0.29) is 0 Å². The molecule has 1 aliphatic heterocycles. The van der Waals surface area contributed by atoms with E-state index in [1.807, 2.05) is 6.07 Å². The minimum absolute atomic E-state index is 0.802. The largest absolute Gasteiger partial charge is 0.493 e. The lowest BCUT2D eigenvalue weighted by atomic mass is 10.1. The summed E-state index contributed by atoms with van der Waals surface area (Å²) in [5.74, 6) is 4.16. The van der Waals surface area contributed by atoms with Crippen molar-refractivity contribution in [2.75, 3.05) is 45.4 Å². The predicted octanol–water partition coefficient (Wildman–Crippen LogP) is 2.30. The Hall–Kier alpha value is -0.870. The minimum atomic E-state index is 0.802. The second kappa shape index (κ2) is 6.90. The fourth-order valence-corrected chi connectivity index (χ4v) is 3.13. The van der Waals surface area contributed by atoms with Crippen LogP contribution in [0.25, 0.3) is 0 Å². The number of ether oxygens (including phenoxy) is 2. The summed E-state index contributed by atoms with van der Waals surface area (Å²) in [4.78, 5) is 2.53. The summed E-state index contributed by atoms with van der Waals surface area (Å²) in [6, 6.07) is 6.19. The van der Waals surface area contributed by atoms with Crippen LogP contribution in [0.1, 0.15) is 5.56 Å². The van der Waals surface area contributed by atoms with Crippen LogP contribution in [0.3, 0.4) is 0 Å². The van der Waals surface area contributed by atoms with Gasteiger partial charge in [-0.25, -0.2) is 0 Å². The summed E-state index contributed by atoms with van der Waals surface area (Å²) in [7, 11) is 3.35. The van der Waals surface area contributed by atoms with Gasteiger partial charge >= 0.3 is 0 Å². The molecule has 0 N–H and O–H groups in total. The molecule has 1 aromatic carbocycles. The molecule has 0 bridgehead atoms. The third-order valence-corrected chi connectivity index (χ3v) is 4.21. The Labute approximate surface area is 113 Å². The topological polar surface area (TPSA) is 21.7 Å². The number of rotatable bonds is 5. The number of methoxy groups -OCH3 is 2. The first kappa shape index (κ1) is 13.6. The zero-order valence-corrected chi connectivity index (χ0v) is 12.0. The van der Waals surface area contributed by atoms with E-state index in [2.05, 4.69) is 28.8 Å². The number of nitrogens with zero attached hydrogens (tertiary/aromatic N) is 1. The average molecular weight is 267 g/mol. The quantitative estimate of drug-likeness (QED) is 0.816. The van der Waals surface area contributed by atoms with Crippen molar-refractivity contribution in [2.45, 2.75) is 6.42 Å². The van der Waals surface area contributed by atoms with Crippen LogP contribution in [-0.4, -0.2) is 50.3 Å². The molecule has 0 saturated carbocycles. The van der Waals surface area contributed by atoms with E-state index >= 15 is 0 Å². The van der Waals surface area contributed by atoms with Crippen LogP contribution in [0.2, 0.25) is 0 Å². The van der Waals surface area contributed by atoms with Crippen molar-refractivity contribution < 1.29 is 9.47 Å². The molecule has 1 aromatic rings. The molecule has 0 aliphatic carbocycles. The molecule has 0 aromatic heterocycles. The van der Waals surface area contributed by atoms with Crippen molar-refractivity contribution in [3.8, 4) is 11.5 Å². The maximum atomic E-state index is 5.33. The summed E-state index contributed by atoms with van der Waals surface area (Å²) >= 11 is 2.05. The maximum Gasteiger partial charge on any atom is 0.160 e. The Balaban J connectivity index is 1.92. The fraction of sp³-hybridized carbons (Fsp3) is 0.571. The lowest BCUT2D eigenvalue weighted by Crippen LogP contribution is -2.34. The number of thioether (sulfide) groups is 1. The van der Waals surface area contributed by atoms with Gasteiger partial charge in [0.2, 0.25) is 0 Å². The van der Waals surface area contributed by atoms with Crippen LogP contribution >= 0.6 is 11.8 Å². The van der Waals surface area contributed by atoms with Crippen molar-refractivity contribution in [1.82, 2.24) is 4.90 Å². The minimum Gasteiger partial charge on any atom is -0.493 e. The van der Waals surface area contributed by atoms with E-state index in [0.717, 1.165) is 24.5 Å². The smallest absolute Gasteiger partial charge is 0.160 e. The Kier molecular flexibility index (Phi) is 5.20. The molecular formula is C14H21NO2S. The highest BCUT2D eigenvalue weighted by Crippen LogP contribution is 2.27. The van der Waals surface area contributed by atoms with Gasteiger partial charge in [-0.1, -0.05) is 6.07 Å². The van der Waals surface area contributed by atoms with Gasteiger partial charge in [0.15, 0.2) is 11.5 Å². The van der Waals surface area contributed by atoms with Gasteiger partial charge in [-0.05, 0) is 24.1 Å². The van der Waals surface area contributed by atoms with Crippen molar-refractivity contribution in [3.05, 3.63) is 23.8 Å². The van der Waals surface area contributed by atoms with E-state index < -0.39 is 0 Å². The first-order chi connectivity index (χ1) is 8.83. The predicted molar refractivity (Wildman–Crippen MR) is 77.0 cm³/mol. The van der Waals surface area contributed by atoms with Gasteiger partial charge in [-0.3, -0.25) is 0 Å². The van der Waals surface area contributed by atoms with E-state index in [1.165, 1.54) is 30.2 Å². The van der Waals surface area contributed by atoms with Gasteiger partial charge < -0.3 is 14.4 Å². The molecule has 0 spiro atoms. The molecule has 1 saturated heterocycles. The third-order valence-electron chi connectivity index (χ3n) is 3.27. The highest BCUT2D eigenvalue weighted by Gasteiger charge is 2.10. The van der Waals surface area contributed by atoms with Gasteiger partial charge in [0, 0.05) is 31.1 Å². The molecule has 0 radical (unpaired) electrons. The van der Waals surface area contributed by atoms with Crippen LogP contribution < -0.4 is 9.47 Å². The van der Waals surface area contributed by atoms with Crippen LogP contribution in [0, 0.1) is 0 Å². The van der Waals surface area contributed by atoms with Crippen LogP contribution in [-0.2, 0) is 6.42 Å². The summed E-state index contributed by atoms with van der Waals surface area (Å²) < 4.78 is 10.6. The molecule has 2 rings (SSSR count). The monoisotopic (exact) mass is 267 g/mol. The molecule has 18 heavy (non-hydrogen) atoms. The first-order valence-electron chi connectivity index (χ1n) is 6.34. The molecule has 0 unspecified atom stereocenters. The molecule has 1 aliphatic rings. The van der Waals surface area contributed by atoms with E-state index in [1.54, 1.807) is 14.2 Å². The molecular weight excluding hydrogens is 246 g/mol. The molecule has 0 amide bonds. The summed E-state index contributed by atoms with van der Waals surface area (Å²) in [5.41, 5.74) is 1.31. The number of benzene rings is 1. The van der Waals surface area contributed by atoms with Crippen LogP contribution in [0.4, 0.5) is 0 Å². The fourth-order valence-electron chi connectivity index (χ4n) is 2.15. The zero-order chi connectivity index (χ0) is 12.8. The normalized spacial score (nSPS) is 16.6. The first-order valence-corrected chi connectivity index (χ1v) is 7.50. The van der Waals surface area contributed by atoms with Crippen molar-refractivity contribution in [1.29, 1.82) is 0 Å². The Morgan fingerprint density at radius 1 is 1.11 bits per heavy atom. The van der Waals surface area contributed by atoms with Crippen LogP contribution in [0.15, 0.2) is 18.2 Å². The third kappa shape index (κ3) is 3.56. The molecule has 100 valence electrons. The number of hydrogen-bond donors (Lipinski definition) is 0. The lowest BCUT2D eigenvalue weighted by molar-refractivity contribution is 0.306. The Morgan fingerprint density at radius 2 is 1.83 bits per heavy atom. The van der Waals surface area contributed by atoms with E-state index in [9.17, 15) is 0 Å². The zero-order valence-electron chi connectivity index (χ0n) is 11.1. The molecule has 4 heteroatoms. The maximum absolute atomic E-state index is 5.33. The second-order valence-corrected chi connectivity index (χ2v) is 5.62. The molecule has 1 fully saturated rings. The van der Waals surface area contributed by atoms with Crippen molar-refractivity contribution >= 4 is 11.8 Å². The SMILES string of the molecule is COc1ccc(CCN2CCSCC2)cc1OC. The highest BCUT2D eigenvalue weighted by molar-refractivity contribution is 7.99.